The lowest BCUT2D eigenvalue weighted by Crippen LogP contribution is -2.51. The molecule has 4 heterocycles. The number of amides is 2. The van der Waals surface area contributed by atoms with Crippen LogP contribution in [0.3, 0.4) is 0 Å². The van der Waals surface area contributed by atoms with Crippen LogP contribution < -0.4 is 0 Å². The summed E-state index contributed by atoms with van der Waals surface area (Å²) in [6.07, 6.45) is 8.90. The average Bonchev–Trinajstić information content (AvgIpc) is 3.27. The van der Waals surface area contributed by atoms with Crippen molar-refractivity contribution in [3.63, 3.8) is 0 Å². The zero-order valence-corrected chi connectivity index (χ0v) is 17.6. The van der Waals surface area contributed by atoms with Gasteiger partial charge in [-0.1, -0.05) is 0 Å². The van der Waals surface area contributed by atoms with Crippen molar-refractivity contribution in [3.05, 3.63) is 36.0 Å². The molecule has 0 radical (unpaired) electrons. The van der Waals surface area contributed by atoms with E-state index in [9.17, 15) is 9.59 Å². The van der Waals surface area contributed by atoms with Crippen LogP contribution in [-0.2, 0) is 9.53 Å². The van der Waals surface area contributed by atoms with Gasteiger partial charge in [-0.3, -0.25) is 9.59 Å². The Morgan fingerprint density at radius 2 is 1.77 bits per heavy atom. The molecule has 0 atom stereocenters. The van der Waals surface area contributed by atoms with E-state index >= 15 is 0 Å². The van der Waals surface area contributed by atoms with E-state index in [2.05, 4.69) is 4.98 Å². The molecular weight excluding hydrogens is 378 g/mol. The van der Waals surface area contributed by atoms with Crippen LogP contribution in [-0.4, -0.2) is 65.0 Å². The molecule has 1 spiro atoms. The molecule has 1 aromatic heterocycles. The minimum absolute atomic E-state index is 0.0331. The highest BCUT2D eigenvalue weighted by molar-refractivity contribution is 5.98. The summed E-state index contributed by atoms with van der Waals surface area (Å²) in [5.41, 5.74) is 1.80. The zero-order valence-electron chi connectivity index (χ0n) is 17.6. The number of nitrogens with zero attached hydrogens (tertiary/aromatic N) is 2. The molecule has 160 valence electrons. The number of aromatic nitrogens is 1. The smallest absolute Gasteiger partial charge is 0.253 e. The van der Waals surface area contributed by atoms with Gasteiger partial charge < -0.3 is 19.5 Å². The molecule has 1 aromatic carbocycles. The summed E-state index contributed by atoms with van der Waals surface area (Å²) in [6, 6.07) is 7.77. The van der Waals surface area contributed by atoms with E-state index in [-0.39, 0.29) is 23.3 Å². The molecule has 3 saturated heterocycles. The van der Waals surface area contributed by atoms with Crippen LogP contribution in [0.5, 0.6) is 0 Å². The molecule has 0 bridgehead atoms. The number of aromatic amines is 1. The molecule has 30 heavy (non-hydrogen) atoms. The van der Waals surface area contributed by atoms with Crippen molar-refractivity contribution in [1.29, 1.82) is 0 Å². The first-order chi connectivity index (χ1) is 14.6. The van der Waals surface area contributed by atoms with E-state index in [1.54, 1.807) is 0 Å². The quantitative estimate of drug-likeness (QED) is 0.824. The molecule has 3 aliphatic rings. The number of carbonyl (C=O) groups is 2. The second-order valence-electron chi connectivity index (χ2n) is 9.16. The minimum atomic E-state index is 0.0331. The number of fused-ring (bicyclic) bond motifs is 1. The van der Waals surface area contributed by atoms with Crippen LogP contribution in [0.4, 0.5) is 0 Å². The Morgan fingerprint density at radius 3 is 2.50 bits per heavy atom. The van der Waals surface area contributed by atoms with Gasteiger partial charge in [-0.2, -0.15) is 0 Å². The molecule has 0 saturated carbocycles. The molecule has 3 fully saturated rings. The van der Waals surface area contributed by atoms with Gasteiger partial charge in [-0.15, -0.1) is 0 Å². The van der Waals surface area contributed by atoms with Crippen LogP contribution in [0.2, 0.25) is 0 Å². The molecule has 1 N–H and O–H groups in total. The summed E-state index contributed by atoms with van der Waals surface area (Å²) >= 11 is 0. The van der Waals surface area contributed by atoms with Gasteiger partial charge in [0.1, 0.15) is 0 Å². The maximum absolute atomic E-state index is 13.1. The largest absolute Gasteiger partial charge is 0.375 e. The highest BCUT2D eigenvalue weighted by Gasteiger charge is 2.39. The maximum atomic E-state index is 13.1. The van der Waals surface area contributed by atoms with E-state index in [4.69, 9.17) is 4.74 Å². The van der Waals surface area contributed by atoms with E-state index in [1.807, 2.05) is 40.3 Å². The van der Waals surface area contributed by atoms with Crippen molar-refractivity contribution in [2.24, 2.45) is 5.92 Å². The summed E-state index contributed by atoms with van der Waals surface area (Å²) in [4.78, 5) is 33.1. The average molecular weight is 410 g/mol. The Kier molecular flexibility index (Phi) is 5.27. The Morgan fingerprint density at radius 1 is 0.967 bits per heavy atom. The van der Waals surface area contributed by atoms with E-state index in [0.717, 1.165) is 68.3 Å². The van der Waals surface area contributed by atoms with Crippen molar-refractivity contribution in [2.45, 2.75) is 50.5 Å². The van der Waals surface area contributed by atoms with Crippen molar-refractivity contribution in [3.8, 4) is 0 Å². The predicted octanol–water partition coefficient (Wildman–Crippen LogP) is 3.58. The standard InChI is InChI=1S/C24H31N3O3/c28-22(27-14-9-24(10-15-27)8-1-2-16-30-24)18-6-12-26(13-7-18)23(29)20-3-4-21-19(17-20)5-11-25-21/h3-5,11,17-18,25H,1-2,6-10,12-16H2. The van der Waals surface area contributed by atoms with Gasteiger partial charge in [-0.05, 0) is 69.2 Å². The van der Waals surface area contributed by atoms with Crippen LogP contribution in [0.1, 0.15) is 55.3 Å². The molecular formula is C24H31N3O3. The number of H-pyrrole nitrogens is 1. The lowest BCUT2D eigenvalue weighted by molar-refractivity contribution is -0.147. The molecule has 6 nitrogen and oxygen atoms in total. The lowest BCUT2D eigenvalue weighted by Gasteiger charge is -2.45. The summed E-state index contributed by atoms with van der Waals surface area (Å²) in [6.45, 7) is 3.81. The number of carbonyl (C=O) groups excluding carboxylic acids is 2. The third kappa shape index (κ3) is 3.73. The van der Waals surface area contributed by atoms with Gasteiger partial charge in [0.05, 0.1) is 5.60 Å². The summed E-state index contributed by atoms with van der Waals surface area (Å²) < 4.78 is 6.10. The fraction of sp³-hybridized carbons (Fsp3) is 0.583. The molecule has 0 unspecified atom stereocenters. The third-order valence-corrected chi connectivity index (χ3v) is 7.35. The molecule has 3 aliphatic heterocycles. The van der Waals surface area contributed by atoms with Crippen LogP contribution in [0.15, 0.2) is 30.5 Å². The van der Waals surface area contributed by atoms with Crippen molar-refractivity contribution >= 4 is 22.7 Å². The fourth-order valence-electron chi connectivity index (χ4n) is 5.40. The maximum Gasteiger partial charge on any atom is 0.253 e. The van der Waals surface area contributed by atoms with Gasteiger partial charge in [0, 0.05) is 61.4 Å². The summed E-state index contributed by atoms with van der Waals surface area (Å²) in [5.74, 6) is 0.391. The van der Waals surface area contributed by atoms with E-state index < -0.39 is 0 Å². The van der Waals surface area contributed by atoms with E-state index in [0.29, 0.717) is 13.1 Å². The molecule has 2 amide bonds. The Labute approximate surface area is 177 Å². The highest BCUT2D eigenvalue weighted by atomic mass is 16.5. The van der Waals surface area contributed by atoms with Crippen molar-refractivity contribution in [1.82, 2.24) is 14.8 Å². The number of nitrogens with one attached hydrogen (secondary N) is 1. The van der Waals surface area contributed by atoms with Crippen LogP contribution in [0.25, 0.3) is 10.9 Å². The summed E-state index contributed by atoms with van der Waals surface area (Å²) in [5, 5.41) is 1.05. The molecule has 0 aliphatic carbocycles. The SMILES string of the molecule is O=C(c1ccc2[nH]ccc2c1)N1CCC(C(=O)N2CCC3(CCCCO3)CC2)CC1. The minimum Gasteiger partial charge on any atom is -0.375 e. The second-order valence-corrected chi connectivity index (χ2v) is 9.16. The Hall–Kier alpha value is -2.34. The molecule has 2 aromatic rings. The predicted molar refractivity (Wildman–Crippen MR) is 115 cm³/mol. The third-order valence-electron chi connectivity index (χ3n) is 7.35. The van der Waals surface area contributed by atoms with Crippen molar-refractivity contribution < 1.29 is 14.3 Å². The van der Waals surface area contributed by atoms with Crippen LogP contribution >= 0.6 is 0 Å². The fourth-order valence-corrected chi connectivity index (χ4v) is 5.40. The number of piperidine rings is 2. The number of hydrogen-bond acceptors (Lipinski definition) is 3. The van der Waals surface area contributed by atoms with Crippen molar-refractivity contribution in [2.75, 3.05) is 32.8 Å². The lowest BCUT2D eigenvalue weighted by atomic mass is 9.84. The number of benzene rings is 1. The van der Waals surface area contributed by atoms with Gasteiger partial charge in [-0.25, -0.2) is 0 Å². The first-order valence-electron chi connectivity index (χ1n) is 11.4. The number of hydrogen-bond donors (Lipinski definition) is 1. The highest BCUT2D eigenvalue weighted by Crippen LogP contribution is 2.35. The van der Waals surface area contributed by atoms with Gasteiger partial charge in [0.2, 0.25) is 5.91 Å². The monoisotopic (exact) mass is 409 g/mol. The molecule has 6 heteroatoms. The van der Waals surface area contributed by atoms with Crippen LogP contribution in [0, 0.1) is 5.92 Å². The number of ether oxygens (including phenoxy) is 1. The van der Waals surface area contributed by atoms with E-state index in [1.165, 1.54) is 12.8 Å². The summed E-state index contributed by atoms with van der Waals surface area (Å²) in [7, 11) is 0. The zero-order chi connectivity index (χ0) is 20.6. The first kappa shape index (κ1) is 19.6. The normalized spacial score (nSPS) is 22.5. The number of likely N-dealkylation sites (tertiary alicyclic amines) is 2. The van der Waals surface area contributed by atoms with Gasteiger partial charge in [0.25, 0.3) is 5.91 Å². The topological polar surface area (TPSA) is 65.6 Å². The van der Waals surface area contributed by atoms with Gasteiger partial charge in [0.15, 0.2) is 0 Å². The number of rotatable bonds is 2. The van der Waals surface area contributed by atoms with Gasteiger partial charge >= 0.3 is 0 Å². The molecule has 5 rings (SSSR count). The first-order valence-corrected chi connectivity index (χ1v) is 11.4. The second kappa shape index (κ2) is 8.06. The Bertz CT molecular complexity index is 913. The Balaban J connectivity index is 1.15.